The summed E-state index contributed by atoms with van der Waals surface area (Å²) in [7, 11) is 0. The van der Waals surface area contributed by atoms with Crippen molar-refractivity contribution in [3.63, 3.8) is 0 Å². The highest BCUT2D eigenvalue weighted by Crippen LogP contribution is 2.15. The summed E-state index contributed by atoms with van der Waals surface area (Å²) in [6.45, 7) is 0.581. The maximum Gasteiger partial charge on any atom is 0.325 e. The third kappa shape index (κ3) is 5.10. The van der Waals surface area contributed by atoms with Crippen molar-refractivity contribution >= 4 is 29.4 Å². The van der Waals surface area contributed by atoms with Crippen molar-refractivity contribution in [3.05, 3.63) is 59.0 Å². The smallest absolute Gasteiger partial charge is 0.325 e. The van der Waals surface area contributed by atoms with Crippen LogP contribution in [0.4, 0.5) is 4.79 Å². The van der Waals surface area contributed by atoms with E-state index in [0.717, 1.165) is 10.5 Å². The average molecular weight is 390 g/mol. The Morgan fingerprint density at radius 3 is 2.70 bits per heavy atom. The van der Waals surface area contributed by atoms with Gasteiger partial charge in [-0.25, -0.2) is 4.79 Å². The summed E-state index contributed by atoms with van der Waals surface area (Å²) in [5.74, 6) is 0.0277. The van der Waals surface area contributed by atoms with Crippen LogP contribution < -0.4 is 10.6 Å². The molecule has 1 fully saturated rings. The molecule has 2 heterocycles. The van der Waals surface area contributed by atoms with Gasteiger partial charge in [-0.3, -0.25) is 14.5 Å². The SMILES string of the molecule is O=C(CC[C@@H]1NC(=O)N(Cc2ccco2)C1=O)NCCc1ccc(Cl)cc1. The van der Waals surface area contributed by atoms with Crippen molar-refractivity contribution in [2.75, 3.05) is 6.54 Å². The molecule has 7 nitrogen and oxygen atoms in total. The summed E-state index contributed by atoms with van der Waals surface area (Å²) in [4.78, 5) is 37.4. The highest BCUT2D eigenvalue weighted by molar-refractivity contribution is 6.30. The molecule has 3 rings (SSSR count). The molecule has 0 saturated carbocycles. The van der Waals surface area contributed by atoms with Crippen molar-refractivity contribution in [2.45, 2.75) is 31.8 Å². The number of furan rings is 1. The van der Waals surface area contributed by atoms with E-state index < -0.39 is 12.1 Å². The largest absolute Gasteiger partial charge is 0.467 e. The predicted octanol–water partition coefficient (Wildman–Crippen LogP) is 2.49. The second kappa shape index (κ2) is 8.73. The summed E-state index contributed by atoms with van der Waals surface area (Å²) in [6.07, 6.45) is 2.59. The monoisotopic (exact) mass is 389 g/mol. The molecule has 1 atom stereocenters. The number of rotatable bonds is 8. The molecule has 2 aromatic rings. The lowest BCUT2D eigenvalue weighted by atomic mass is 10.1. The molecule has 0 bridgehead atoms. The lowest BCUT2D eigenvalue weighted by Gasteiger charge is -2.11. The third-order valence-electron chi connectivity index (χ3n) is 4.31. The summed E-state index contributed by atoms with van der Waals surface area (Å²) in [6, 6.07) is 9.67. The maximum atomic E-state index is 12.3. The molecule has 1 aliphatic heterocycles. The van der Waals surface area contributed by atoms with E-state index in [9.17, 15) is 14.4 Å². The normalized spacial score (nSPS) is 16.5. The van der Waals surface area contributed by atoms with Crippen molar-refractivity contribution in [3.8, 4) is 0 Å². The van der Waals surface area contributed by atoms with Crippen LogP contribution in [0.5, 0.6) is 0 Å². The second-order valence-electron chi connectivity index (χ2n) is 6.27. The molecule has 27 heavy (non-hydrogen) atoms. The fourth-order valence-electron chi connectivity index (χ4n) is 2.84. The van der Waals surface area contributed by atoms with Crippen molar-refractivity contribution in [1.29, 1.82) is 0 Å². The fourth-order valence-corrected chi connectivity index (χ4v) is 2.97. The minimum atomic E-state index is -0.686. The number of urea groups is 1. The van der Waals surface area contributed by atoms with Gasteiger partial charge in [0.25, 0.3) is 5.91 Å². The molecular formula is C19H20ClN3O4. The number of nitrogens with zero attached hydrogens (tertiary/aromatic N) is 1. The van der Waals surface area contributed by atoms with Gasteiger partial charge in [-0.2, -0.15) is 0 Å². The van der Waals surface area contributed by atoms with E-state index in [4.69, 9.17) is 16.0 Å². The first-order valence-electron chi connectivity index (χ1n) is 8.68. The lowest BCUT2D eigenvalue weighted by Crippen LogP contribution is -2.33. The van der Waals surface area contributed by atoms with E-state index in [1.807, 2.05) is 24.3 Å². The topological polar surface area (TPSA) is 91.7 Å². The third-order valence-corrected chi connectivity index (χ3v) is 4.56. The summed E-state index contributed by atoms with van der Waals surface area (Å²) >= 11 is 5.84. The second-order valence-corrected chi connectivity index (χ2v) is 6.71. The molecule has 1 saturated heterocycles. The number of hydrogen-bond donors (Lipinski definition) is 2. The Hall–Kier alpha value is -2.80. The van der Waals surface area contributed by atoms with Gasteiger partial charge in [0.1, 0.15) is 11.8 Å². The van der Waals surface area contributed by atoms with Crippen LogP contribution in [0.1, 0.15) is 24.2 Å². The van der Waals surface area contributed by atoms with Gasteiger partial charge < -0.3 is 15.1 Å². The van der Waals surface area contributed by atoms with Gasteiger partial charge in [-0.15, -0.1) is 0 Å². The molecule has 0 radical (unpaired) electrons. The quantitative estimate of drug-likeness (QED) is 0.678. The van der Waals surface area contributed by atoms with E-state index in [-0.39, 0.29) is 31.2 Å². The molecule has 2 N–H and O–H groups in total. The number of halogens is 1. The van der Waals surface area contributed by atoms with Crippen LogP contribution in [-0.2, 0) is 22.6 Å². The minimum Gasteiger partial charge on any atom is -0.467 e. The number of hydrogen-bond acceptors (Lipinski definition) is 4. The molecule has 142 valence electrons. The van der Waals surface area contributed by atoms with Gasteiger partial charge in [0.05, 0.1) is 12.8 Å². The zero-order chi connectivity index (χ0) is 19.2. The number of nitrogens with one attached hydrogen (secondary N) is 2. The van der Waals surface area contributed by atoms with E-state index in [0.29, 0.717) is 23.7 Å². The molecule has 1 aliphatic rings. The predicted molar refractivity (Wildman–Crippen MR) is 99.0 cm³/mol. The van der Waals surface area contributed by atoms with Crippen LogP contribution in [0, 0.1) is 0 Å². The van der Waals surface area contributed by atoms with Crippen molar-refractivity contribution in [2.24, 2.45) is 0 Å². The Balaban J connectivity index is 1.40. The molecule has 1 aromatic carbocycles. The van der Waals surface area contributed by atoms with Crippen LogP contribution in [0.25, 0.3) is 0 Å². The van der Waals surface area contributed by atoms with E-state index in [1.165, 1.54) is 6.26 Å². The van der Waals surface area contributed by atoms with Crippen LogP contribution in [-0.4, -0.2) is 35.3 Å². The average Bonchev–Trinajstić information content (AvgIpc) is 3.25. The number of imide groups is 1. The lowest BCUT2D eigenvalue weighted by molar-refractivity contribution is -0.128. The van der Waals surface area contributed by atoms with Gasteiger partial charge in [-0.05, 0) is 42.7 Å². The van der Waals surface area contributed by atoms with Gasteiger partial charge in [0.2, 0.25) is 5.91 Å². The number of carbonyl (C=O) groups excluding carboxylic acids is 3. The van der Waals surface area contributed by atoms with E-state index in [1.54, 1.807) is 12.1 Å². The molecule has 4 amide bonds. The molecule has 8 heteroatoms. The van der Waals surface area contributed by atoms with Crippen molar-refractivity contribution in [1.82, 2.24) is 15.5 Å². The Morgan fingerprint density at radius 2 is 2.00 bits per heavy atom. The molecular weight excluding hydrogens is 370 g/mol. The van der Waals surface area contributed by atoms with Gasteiger partial charge in [-0.1, -0.05) is 23.7 Å². The molecule has 0 unspecified atom stereocenters. The maximum absolute atomic E-state index is 12.3. The Kier molecular flexibility index (Phi) is 6.13. The molecule has 0 spiro atoms. The number of amides is 4. The van der Waals surface area contributed by atoms with Crippen LogP contribution in [0.3, 0.4) is 0 Å². The zero-order valence-corrected chi connectivity index (χ0v) is 15.4. The van der Waals surface area contributed by atoms with Crippen LogP contribution in [0.2, 0.25) is 5.02 Å². The first kappa shape index (κ1) is 19.0. The first-order chi connectivity index (χ1) is 13.0. The molecule has 1 aromatic heterocycles. The Bertz CT molecular complexity index is 805. The highest BCUT2D eigenvalue weighted by Gasteiger charge is 2.38. The number of carbonyl (C=O) groups is 3. The van der Waals surface area contributed by atoms with Crippen LogP contribution >= 0.6 is 11.6 Å². The zero-order valence-electron chi connectivity index (χ0n) is 14.6. The first-order valence-corrected chi connectivity index (χ1v) is 9.06. The van der Waals surface area contributed by atoms with E-state index in [2.05, 4.69) is 10.6 Å². The highest BCUT2D eigenvalue weighted by atomic mass is 35.5. The van der Waals surface area contributed by atoms with Gasteiger partial charge in [0.15, 0.2) is 0 Å². The van der Waals surface area contributed by atoms with Crippen LogP contribution in [0.15, 0.2) is 47.1 Å². The summed E-state index contributed by atoms with van der Waals surface area (Å²) < 4.78 is 5.17. The Morgan fingerprint density at radius 1 is 1.22 bits per heavy atom. The summed E-state index contributed by atoms with van der Waals surface area (Å²) in [5, 5.41) is 6.10. The fraction of sp³-hybridized carbons (Fsp3) is 0.316. The van der Waals surface area contributed by atoms with Crippen molar-refractivity contribution < 1.29 is 18.8 Å². The van der Waals surface area contributed by atoms with E-state index >= 15 is 0 Å². The minimum absolute atomic E-state index is 0.0848. The number of benzene rings is 1. The summed E-state index contributed by atoms with van der Waals surface area (Å²) in [5.41, 5.74) is 1.08. The van der Waals surface area contributed by atoms with Gasteiger partial charge in [0, 0.05) is 18.0 Å². The standard InChI is InChI=1S/C19H20ClN3O4/c20-14-5-3-13(4-6-14)9-10-21-17(24)8-7-16-18(25)23(19(26)22-16)12-15-2-1-11-27-15/h1-6,11,16H,7-10,12H2,(H,21,24)(H,22,26)/t16-/m0/s1. The Labute approximate surface area is 161 Å². The molecule has 0 aliphatic carbocycles. The van der Waals surface area contributed by atoms with Gasteiger partial charge >= 0.3 is 6.03 Å².